The molecule has 4 N–H and O–H groups in total. The van der Waals surface area contributed by atoms with E-state index in [-0.39, 0.29) is 31.1 Å². The Labute approximate surface area is 109 Å². The predicted molar refractivity (Wildman–Crippen MR) is 64.9 cm³/mol. The minimum atomic E-state index is -1.50. The maximum Gasteiger partial charge on any atom is 0.332 e. The summed E-state index contributed by atoms with van der Waals surface area (Å²) in [7, 11) is 0. The number of para-hydroxylation sites is 2. The van der Waals surface area contributed by atoms with Crippen LogP contribution >= 0.6 is 0 Å². The smallest absolute Gasteiger partial charge is 0.332 e. The average molecular weight is 269 g/mol. The Morgan fingerprint density at radius 1 is 1.32 bits per heavy atom. The summed E-state index contributed by atoms with van der Waals surface area (Å²) in [6.45, 7) is -0.281. The number of carbonyl (C=O) groups excluding carboxylic acids is 1. The lowest BCUT2D eigenvalue weighted by molar-refractivity contribution is -0.147. The summed E-state index contributed by atoms with van der Waals surface area (Å²) >= 11 is 0. The van der Waals surface area contributed by atoms with E-state index in [1.807, 2.05) is 0 Å². The molecule has 0 heterocycles. The molecule has 0 aromatic heterocycles. The quantitative estimate of drug-likeness (QED) is 0.541. The lowest BCUT2D eigenvalue weighted by Gasteiger charge is -2.09. The number of hydrogen-bond acceptors (Lipinski definition) is 5. The minimum Gasteiger partial charge on any atom is -0.504 e. The number of phenols is 1. The number of benzene rings is 1. The molecule has 0 saturated carbocycles. The maximum absolute atomic E-state index is 11.3. The zero-order chi connectivity index (χ0) is 14.3. The summed E-state index contributed by atoms with van der Waals surface area (Å²) in [5.41, 5.74) is 0. The molecule has 0 saturated heterocycles. The van der Waals surface area contributed by atoms with Crippen LogP contribution in [0.1, 0.15) is 6.42 Å². The van der Waals surface area contributed by atoms with Gasteiger partial charge in [-0.15, -0.1) is 0 Å². The van der Waals surface area contributed by atoms with Gasteiger partial charge in [-0.2, -0.15) is 0 Å². The third-order valence-electron chi connectivity index (χ3n) is 2.25. The lowest BCUT2D eigenvalue weighted by Crippen LogP contribution is -2.33. The van der Waals surface area contributed by atoms with Gasteiger partial charge in [0.25, 0.3) is 5.91 Å². The fraction of sp³-hybridized carbons (Fsp3) is 0.333. The van der Waals surface area contributed by atoms with Crippen LogP contribution in [-0.4, -0.2) is 46.5 Å². The van der Waals surface area contributed by atoms with E-state index in [0.717, 1.165) is 0 Å². The first-order valence-electron chi connectivity index (χ1n) is 5.59. The number of amides is 1. The van der Waals surface area contributed by atoms with Gasteiger partial charge in [-0.25, -0.2) is 4.79 Å². The zero-order valence-electron chi connectivity index (χ0n) is 10.1. The highest BCUT2D eigenvalue weighted by Crippen LogP contribution is 2.23. The first-order chi connectivity index (χ1) is 9.00. The van der Waals surface area contributed by atoms with E-state index >= 15 is 0 Å². The van der Waals surface area contributed by atoms with Gasteiger partial charge in [0.2, 0.25) is 0 Å². The van der Waals surface area contributed by atoms with Gasteiger partial charge in [0, 0.05) is 13.0 Å². The average Bonchev–Trinajstić information content (AvgIpc) is 2.37. The largest absolute Gasteiger partial charge is 0.504 e. The Morgan fingerprint density at radius 2 is 2.00 bits per heavy atom. The Morgan fingerprint density at radius 3 is 2.63 bits per heavy atom. The van der Waals surface area contributed by atoms with Crippen molar-refractivity contribution in [3.05, 3.63) is 24.3 Å². The Hall–Kier alpha value is -2.28. The van der Waals surface area contributed by atoms with E-state index in [2.05, 4.69) is 5.32 Å². The normalized spacial score (nSPS) is 11.6. The van der Waals surface area contributed by atoms with Gasteiger partial charge in [0.15, 0.2) is 24.2 Å². The van der Waals surface area contributed by atoms with Gasteiger partial charge in [-0.05, 0) is 12.1 Å². The molecular weight excluding hydrogens is 254 g/mol. The Balaban J connectivity index is 2.25. The van der Waals surface area contributed by atoms with Crippen molar-refractivity contribution >= 4 is 11.9 Å². The molecule has 0 radical (unpaired) electrons. The molecule has 104 valence electrons. The SMILES string of the molecule is O=C(COc1ccccc1O)NCC[C@H](O)C(=O)O. The predicted octanol–water partition coefficient (Wildman–Crippen LogP) is -0.277. The molecule has 1 aromatic carbocycles. The molecule has 0 unspecified atom stereocenters. The highest BCUT2D eigenvalue weighted by molar-refractivity contribution is 5.77. The molecule has 1 rings (SSSR count). The van der Waals surface area contributed by atoms with Crippen molar-refractivity contribution < 1.29 is 29.6 Å². The van der Waals surface area contributed by atoms with E-state index in [4.69, 9.17) is 14.9 Å². The van der Waals surface area contributed by atoms with Crippen LogP contribution in [-0.2, 0) is 9.59 Å². The number of aromatic hydroxyl groups is 1. The number of hydrogen-bond donors (Lipinski definition) is 4. The standard InChI is InChI=1S/C12H15NO6/c14-8-3-1-2-4-10(8)19-7-11(16)13-6-5-9(15)12(17)18/h1-4,9,14-15H,5-7H2,(H,13,16)(H,17,18)/t9-/m0/s1. The summed E-state index contributed by atoms with van der Waals surface area (Å²) in [6.07, 6.45) is -1.59. The molecule has 7 heteroatoms. The monoisotopic (exact) mass is 269 g/mol. The van der Waals surface area contributed by atoms with Crippen molar-refractivity contribution in [1.29, 1.82) is 0 Å². The maximum atomic E-state index is 11.3. The second-order valence-corrected chi connectivity index (χ2v) is 3.75. The summed E-state index contributed by atoms with van der Waals surface area (Å²) in [5.74, 6) is -1.69. The number of ether oxygens (including phenoxy) is 1. The molecule has 7 nitrogen and oxygen atoms in total. The molecule has 0 spiro atoms. The number of nitrogens with one attached hydrogen (secondary N) is 1. The van der Waals surface area contributed by atoms with E-state index in [0.29, 0.717) is 0 Å². The molecule has 19 heavy (non-hydrogen) atoms. The van der Waals surface area contributed by atoms with Gasteiger partial charge >= 0.3 is 5.97 Å². The number of phenolic OH excluding ortho intramolecular Hbond substituents is 1. The summed E-state index contributed by atoms with van der Waals surface area (Å²) in [4.78, 5) is 21.6. The number of carbonyl (C=O) groups is 2. The lowest BCUT2D eigenvalue weighted by atomic mass is 10.2. The summed E-state index contributed by atoms with van der Waals surface area (Å²) in [5, 5.41) is 29.2. The zero-order valence-corrected chi connectivity index (χ0v) is 10.1. The van der Waals surface area contributed by atoms with Gasteiger partial charge in [-0.1, -0.05) is 12.1 Å². The molecule has 1 aromatic rings. The van der Waals surface area contributed by atoms with E-state index in [1.165, 1.54) is 12.1 Å². The van der Waals surface area contributed by atoms with Crippen molar-refractivity contribution in [2.75, 3.05) is 13.2 Å². The van der Waals surface area contributed by atoms with Crippen molar-refractivity contribution in [2.24, 2.45) is 0 Å². The summed E-state index contributed by atoms with van der Waals surface area (Å²) < 4.78 is 5.06. The molecule has 0 bridgehead atoms. The fourth-order valence-electron chi connectivity index (χ4n) is 1.25. The molecule has 0 aliphatic rings. The minimum absolute atomic E-state index is 0.0242. The first kappa shape index (κ1) is 14.8. The van der Waals surface area contributed by atoms with Crippen LogP contribution in [0.25, 0.3) is 0 Å². The number of rotatable bonds is 7. The van der Waals surface area contributed by atoms with Gasteiger partial charge in [0.05, 0.1) is 0 Å². The third-order valence-corrected chi connectivity index (χ3v) is 2.25. The summed E-state index contributed by atoms with van der Waals surface area (Å²) in [6, 6.07) is 6.21. The molecule has 1 amide bonds. The second-order valence-electron chi connectivity index (χ2n) is 3.75. The van der Waals surface area contributed by atoms with Crippen LogP contribution in [0.4, 0.5) is 0 Å². The molecule has 1 atom stereocenters. The molecule has 0 aliphatic heterocycles. The fourth-order valence-corrected chi connectivity index (χ4v) is 1.25. The highest BCUT2D eigenvalue weighted by atomic mass is 16.5. The topological polar surface area (TPSA) is 116 Å². The van der Waals surface area contributed by atoms with E-state index in [9.17, 15) is 14.7 Å². The number of carboxylic acids is 1. The Bertz CT molecular complexity index is 448. The van der Waals surface area contributed by atoms with E-state index < -0.39 is 18.0 Å². The second kappa shape index (κ2) is 7.22. The van der Waals surface area contributed by atoms with Crippen LogP contribution < -0.4 is 10.1 Å². The van der Waals surface area contributed by atoms with Crippen LogP contribution in [0.5, 0.6) is 11.5 Å². The van der Waals surface area contributed by atoms with Gasteiger partial charge in [0.1, 0.15) is 0 Å². The highest BCUT2D eigenvalue weighted by Gasteiger charge is 2.13. The number of carboxylic acid groups (broad SMARTS) is 1. The Kier molecular flexibility index (Phi) is 5.62. The van der Waals surface area contributed by atoms with Crippen LogP contribution in [0, 0.1) is 0 Å². The molecular formula is C12H15NO6. The number of aliphatic hydroxyl groups is 1. The molecule has 0 fully saturated rings. The van der Waals surface area contributed by atoms with Crippen LogP contribution in [0.15, 0.2) is 24.3 Å². The van der Waals surface area contributed by atoms with E-state index in [1.54, 1.807) is 12.1 Å². The number of aliphatic carboxylic acids is 1. The van der Waals surface area contributed by atoms with Gasteiger partial charge in [-0.3, -0.25) is 4.79 Å². The van der Waals surface area contributed by atoms with Crippen molar-refractivity contribution in [3.8, 4) is 11.5 Å². The van der Waals surface area contributed by atoms with Crippen molar-refractivity contribution in [2.45, 2.75) is 12.5 Å². The molecule has 0 aliphatic carbocycles. The van der Waals surface area contributed by atoms with Crippen molar-refractivity contribution in [1.82, 2.24) is 5.32 Å². The number of aliphatic hydroxyl groups excluding tert-OH is 1. The van der Waals surface area contributed by atoms with Gasteiger partial charge < -0.3 is 25.4 Å². The van der Waals surface area contributed by atoms with Crippen LogP contribution in [0.2, 0.25) is 0 Å². The first-order valence-corrected chi connectivity index (χ1v) is 5.59. The van der Waals surface area contributed by atoms with Crippen molar-refractivity contribution in [3.63, 3.8) is 0 Å². The van der Waals surface area contributed by atoms with Crippen LogP contribution in [0.3, 0.4) is 0 Å². The third kappa shape index (κ3) is 5.26.